The topological polar surface area (TPSA) is 61.7 Å². The Kier molecular flexibility index (Phi) is 5.25. The lowest BCUT2D eigenvalue weighted by Crippen LogP contribution is -2.34. The zero-order valence-electron chi connectivity index (χ0n) is 10.4. The number of hydrogen-bond donors (Lipinski definition) is 3. The lowest BCUT2D eigenvalue weighted by molar-refractivity contribution is 0.0806. The van der Waals surface area contributed by atoms with Crippen LogP contribution in [0.15, 0.2) is 24.3 Å². The predicted octanol–water partition coefficient (Wildman–Crippen LogP) is 1.49. The van der Waals surface area contributed by atoms with Crippen LogP contribution in [-0.4, -0.2) is 36.6 Å². The van der Waals surface area contributed by atoms with Crippen molar-refractivity contribution in [3.8, 4) is 5.75 Å². The highest BCUT2D eigenvalue weighted by Crippen LogP contribution is 2.25. The molecule has 1 rings (SSSR count). The van der Waals surface area contributed by atoms with E-state index in [1.165, 1.54) is 0 Å². The van der Waals surface area contributed by atoms with Gasteiger partial charge in [0.05, 0.1) is 25.5 Å². The van der Waals surface area contributed by atoms with Gasteiger partial charge in [-0.3, -0.25) is 0 Å². The van der Waals surface area contributed by atoms with Gasteiger partial charge in [0, 0.05) is 12.0 Å². The molecule has 0 aliphatic heterocycles. The lowest BCUT2D eigenvalue weighted by atomic mass is 9.93. The first-order chi connectivity index (χ1) is 8.15. The third kappa shape index (κ3) is 3.91. The van der Waals surface area contributed by atoms with Crippen LogP contribution in [0.5, 0.6) is 5.75 Å². The van der Waals surface area contributed by atoms with Crippen molar-refractivity contribution >= 4 is 5.69 Å². The Balaban J connectivity index is 2.68. The van der Waals surface area contributed by atoms with Crippen LogP contribution in [0.1, 0.15) is 13.8 Å². The van der Waals surface area contributed by atoms with E-state index in [0.717, 1.165) is 11.4 Å². The molecule has 0 unspecified atom stereocenters. The molecule has 96 valence electrons. The highest BCUT2D eigenvalue weighted by atomic mass is 16.5. The third-order valence-electron chi connectivity index (χ3n) is 2.66. The minimum absolute atomic E-state index is 0.0622. The summed E-state index contributed by atoms with van der Waals surface area (Å²) < 4.78 is 5.48. The molecule has 0 saturated heterocycles. The van der Waals surface area contributed by atoms with E-state index in [-0.39, 0.29) is 13.2 Å². The van der Waals surface area contributed by atoms with E-state index in [1.807, 2.05) is 38.1 Å². The van der Waals surface area contributed by atoms with Gasteiger partial charge >= 0.3 is 0 Å². The second-order valence-electron chi connectivity index (χ2n) is 4.41. The Labute approximate surface area is 102 Å². The summed E-state index contributed by atoms with van der Waals surface area (Å²) in [6.07, 6.45) is 0. The number of nitrogens with one attached hydrogen (secondary N) is 1. The van der Waals surface area contributed by atoms with Gasteiger partial charge in [0.1, 0.15) is 5.75 Å². The number of benzene rings is 1. The van der Waals surface area contributed by atoms with Crippen LogP contribution < -0.4 is 10.1 Å². The molecule has 0 fully saturated rings. The fourth-order valence-electron chi connectivity index (χ4n) is 1.36. The van der Waals surface area contributed by atoms with Crippen molar-refractivity contribution in [1.82, 2.24) is 0 Å². The number of aliphatic hydroxyl groups is 2. The van der Waals surface area contributed by atoms with E-state index in [9.17, 15) is 10.2 Å². The third-order valence-corrected chi connectivity index (χ3v) is 2.66. The molecule has 1 aromatic carbocycles. The zero-order valence-corrected chi connectivity index (χ0v) is 10.4. The maximum absolute atomic E-state index is 9.20. The highest BCUT2D eigenvalue weighted by molar-refractivity contribution is 5.56. The van der Waals surface area contributed by atoms with Crippen molar-refractivity contribution in [3.05, 3.63) is 24.3 Å². The molecule has 3 N–H and O–H groups in total. The number of aliphatic hydroxyl groups excluding tert-OH is 2. The molecule has 0 aromatic heterocycles. The van der Waals surface area contributed by atoms with Crippen molar-refractivity contribution in [2.24, 2.45) is 5.41 Å². The minimum Gasteiger partial charge on any atom is -0.492 e. The zero-order chi connectivity index (χ0) is 12.7. The number of anilines is 1. The normalized spacial score (nSPS) is 11.3. The van der Waals surface area contributed by atoms with Crippen LogP contribution in [0.4, 0.5) is 5.69 Å². The van der Waals surface area contributed by atoms with Gasteiger partial charge in [-0.2, -0.15) is 0 Å². The maximum atomic E-state index is 9.20. The first-order valence-electron chi connectivity index (χ1n) is 5.82. The van der Waals surface area contributed by atoms with Gasteiger partial charge in [-0.05, 0) is 19.1 Å². The number of rotatable bonds is 7. The van der Waals surface area contributed by atoms with Crippen LogP contribution in [-0.2, 0) is 0 Å². The highest BCUT2D eigenvalue weighted by Gasteiger charge is 2.22. The van der Waals surface area contributed by atoms with Gasteiger partial charge in [-0.1, -0.05) is 19.1 Å². The van der Waals surface area contributed by atoms with Gasteiger partial charge in [-0.25, -0.2) is 0 Å². The molecule has 0 aliphatic rings. The van der Waals surface area contributed by atoms with Gasteiger partial charge in [0.2, 0.25) is 0 Å². The fraction of sp³-hybridized carbons (Fsp3) is 0.538. The standard InChI is InChI=1S/C13H21NO3/c1-3-17-12-7-5-4-6-11(12)14-8-13(2,9-15)10-16/h4-7,14-16H,3,8-10H2,1-2H3. The summed E-state index contributed by atoms with van der Waals surface area (Å²) in [7, 11) is 0. The molecule has 4 nitrogen and oxygen atoms in total. The molecule has 0 radical (unpaired) electrons. The molecule has 0 saturated carbocycles. The average molecular weight is 239 g/mol. The lowest BCUT2D eigenvalue weighted by Gasteiger charge is -2.26. The quantitative estimate of drug-likeness (QED) is 0.674. The van der Waals surface area contributed by atoms with Crippen molar-refractivity contribution < 1.29 is 14.9 Å². The van der Waals surface area contributed by atoms with Crippen LogP contribution in [0.2, 0.25) is 0 Å². The summed E-state index contributed by atoms with van der Waals surface area (Å²) in [5.74, 6) is 0.785. The first-order valence-corrected chi connectivity index (χ1v) is 5.82. The van der Waals surface area contributed by atoms with Gasteiger partial charge in [0.25, 0.3) is 0 Å². The van der Waals surface area contributed by atoms with E-state index in [0.29, 0.717) is 13.2 Å². The van der Waals surface area contributed by atoms with E-state index in [2.05, 4.69) is 5.32 Å². The van der Waals surface area contributed by atoms with Gasteiger partial charge < -0.3 is 20.3 Å². The van der Waals surface area contributed by atoms with Crippen LogP contribution in [0.3, 0.4) is 0 Å². The number of para-hydroxylation sites is 2. The molecule has 1 aromatic rings. The summed E-state index contributed by atoms with van der Waals surface area (Å²) >= 11 is 0. The SMILES string of the molecule is CCOc1ccccc1NCC(C)(CO)CO. The average Bonchev–Trinajstić information content (AvgIpc) is 2.38. The van der Waals surface area contributed by atoms with Crippen molar-refractivity contribution in [2.45, 2.75) is 13.8 Å². The van der Waals surface area contributed by atoms with E-state index in [1.54, 1.807) is 0 Å². The van der Waals surface area contributed by atoms with Crippen LogP contribution in [0, 0.1) is 5.41 Å². The molecule has 0 atom stereocenters. The summed E-state index contributed by atoms with van der Waals surface area (Å²) in [6, 6.07) is 7.63. The van der Waals surface area contributed by atoms with Crippen molar-refractivity contribution in [1.29, 1.82) is 0 Å². The Morgan fingerprint density at radius 3 is 2.47 bits per heavy atom. The van der Waals surface area contributed by atoms with Crippen LogP contribution in [0.25, 0.3) is 0 Å². The minimum atomic E-state index is -0.528. The summed E-state index contributed by atoms with van der Waals surface area (Å²) in [5, 5.41) is 21.6. The Morgan fingerprint density at radius 1 is 1.24 bits per heavy atom. The maximum Gasteiger partial charge on any atom is 0.142 e. The molecule has 4 heteroatoms. The molecule has 0 heterocycles. The molecule has 17 heavy (non-hydrogen) atoms. The van der Waals surface area contributed by atoms with Crippen molar-refractivity contribution in [3.63, 3.8) is 0 Å². The predicted molar refractivity (Wildman–Crippen MR) is 68.4 cm³/mol. The Morgan fingerprint density at radius 2 is 1.88 bits per heavy atom. The van der Waals surface area contributed by atoms with Crippen LogP contribution >= 0.6 is 0 Å². The van der Waals surface area contributed by atoms with E-state index >= 15 is 0 Å². The van der Waals surface area contributed by atoms with Gasteiger partial charge in [-0.15, -0.1) is 0 Å². The second kappa shape index (κ2) is 6.47. The second-order valence-corrected chi connectivity index (χ2v) is 4.41. The van der Waals surface area contributed by atoms with E-state index in [4.69, 9.17) is 4.74 Å². The largest absolute Gasteiger partial charge is 0.492 e. The summed E-state index contributed by atoms with van der Waals surface area (Å²) in [6.45, 7) is 4.73. The first kappa shape index (κ1) is 13.8. The Hall–Kier alpha value is -1.26. The van der Waals surface area contributed by atoms with E-state index < -0.39 is 5.41 Å². The molecular formula is C13H21NO3. The van der Waals surface area contributed by atoms with Crippen molar-refractivity contribution in [2.75, 3.05) is 31.7 Å². The monoisotopic (exact) mass is 239 g/mol. The smallest absolute Gasteiger partial charge is 0.142 e. The molecular weight excluding hydrogens is 218 g/mol. The summed E-state index contributed by atoms with van der Waals surface area (Å²) in [4.78, 5) is 0. The number of hydrogen-bond acceptors (Lipinski definition) is 4. The molecule has 0 spiro atoms. The fourth-order valence-corrected chi connectivity index (χ4v) is 1.36. The van der Waals surface area contributed by atoms with Gasteiger partial charge in [0.15, 0.2) is 0 Å². The molecule has 0 amide bonds. The Bertz CT molecular complexity index is 337. The molecule has 0 aliphatic carbocycles. The number of ether oxygens (including phenoxy) is 1. The molecule has 0 bridgehead atoms. The summed E-state index contributed by atoms with van der Waals surface area (Å²) in [5.41, 5.74) is 0.349.